The molecule has 0 saturated heterocycles. The number of aldehydes is 1. The van der Waals surface area contributed by atoms with Crippen LogP contribution in [0.1, 0.15) is 89.9 Å². The summed E-state index contributed by atoms with van der Waals surface area (Å²) in [5.74, 6) is -3.32. The van der Waals surface area contributed by atoms with E-state index in [2.05, 4.69) is 12.2 Å². The molecule has 0 spiro atoms. The third-order valence-electron chi connectivity index (χ3n) is 4.62. The van der Waals surface area contributed by atoms with Crippen molar-refractivity contribution in [2.75, 3.05) is 0 Å². The lowest BCUT2D eigenvalue weighted by atomic mass is 10.1. The van der Waals surface area contributed by atoms with Crippen molar-refractivity contribution in [3.05, 3.63) is 42.5 Å². The molecule has 0 aliphatic rings. The van der Waals surface area contributed by atoms with Gasteiger partial charge in [-0.05, 0) is 38.5 Å². The van der Waals surface area contributed by atoms with Gasteiger partial charge in [-0.15, -0.1) is 0 Å². The molecule has 0 aliphatic heterocycles. The normalized spacial score (nSPS) is 11.6. The summed E-state index contributed by atoms with van der Waals surface area (Å²) in [6, 6.07) is 0. The number of carbonyl (C=O) groups is 1. The van der Waals surface area contributed by atoms with Crippen molar-refractivity contribution < 1.29 is 19.6 Å². The first-order valence-electron chi connectivity index (χ1n) is 9.91. The molecule has 10 nitrogen and oxygen atoms in total. The lowest BCUT2D eigenvalue weighted by molar-refractivity contribution is -0.970. The molecule has 0 amide bonds. The highest BCUT2D eigenvalue weighted by Gasteiger charge is 2.69. The Balaban J connectivity index is 3.71. The molecule has 0 unspecified atom stereocenters. The summed E-state index contributed by atoms with van der Waals surface area (Å²) in [6.45, 7) is 0. The summed E-state index contributed by atoms with van der Waals surface area (Å²) >= 11 is 0. The van der Waals surface area contributed by atoms with Crippen molar-refractivity contribution in [3.63, 3.8) is 0 Å². The Morgan fingerprint density at radius 1 is 0.571 bits per heavy atom. The molecule has 10 heteroatoms. The van der Waals surface area contributed by atoms with Crippen LogP contribution in [0.3, 0.4) is 0 Å². The second-order valence-corrected chi connectivity index (χ2v) is 6.84. The molecule has 0 saturated carbocycles. The van der Waals surface area contributed by atoms with Gasteiger partial charge in [0.25, 0.3) is 0 Å². The van der Waals surface area contributed by atoms with Crippen molar-refractivity contribution in [2.24, 2.45) is 0 Å². The molecule has 0 rings (SSSR count). The number of hydrogen-bond donors (Lipinski definition) is 0. The van der Waals surface area contributed by atoms with Crippen LogP contribution in [0, 0.1) is 30.3 Å². The fraction of sp³-hybridized carbons (Fsp3) is 0.833. The lowest BCUT2D eigenvalue weighted by Crippen LogP contribution is -2.53. The van der Waals surface area contributed by atoms with E-state index >= 15 is 0 Å². The molecule has 0 aromatic rings. The topological polar surface area (TPSA) is 146 Å². The standard InChI is InChI=1S/C18H31N3O7/c22-17-15-13-11-9-7-5-3-1-2-4-6-8-10-12-14-16-18(19(23)24,20(25)26)21(27)28/h1-2,17H,3-16H2/b2-1-. The minimum absolute atomic E-state index is 0.0750. The summed E-state index contributed by atoms with van der Waals surface area (Å²) in [6.07, 6.45) is 15.9. The minimum atomic E-state index is -3.32. The van der Waals surface area contributed by atoms with Crippen LogP contribution in [0.5, 0.6) is 0 Å². The van der Waals surface area contributed by atoms with Crippen molar-refractivity contribution in [3.8, 4) is 0 Å². The first-order valence-corrected chi connectivity index (χ1v) is 9.91. The molecule has 0 heterocycles. The Labute approximate surface area is 164 Å². The van der Waals surface area contributed by atoms with Gasteiger partial charge in [0.05, 0.1) is 0 Å². The SMILES string of the molecule is O=CCCCCCCC/C=C\CCCCCCCC([N+](=O)[O-])([N+](=O)[O-])[N+](=O)[O-]. The van der Waals surface area contributed by atoms with Gasteiger partial charge in [0, 0.05) is 6.42 Å². The van der Waals surface area contributed by atoms with E-state index in [0.717, 1.165) is 64.1 Å². The summed E-state index contributed by atoms with van der Waals surface area (Å²) in [7, 11) is 0. The molecule has 0 aliphatic carbocycles. The monoisotopic (exact) mass is 401 g/mol. The van der Waals surface area contributed by atoms with Crippen LogP contribution in [-0.4, -0.2) is 26.8 Å². The Bertz CT molecular complexity index is 487. The number of allylic oxidation sites excluding steroid dienone is 2. The Hall–Kier alpha value is -2.39. The number of rotatable bonds is 19. The highest BCUT2D eigenvalue weighted by molar-refractivity contribution is 5.48. The summed E-state index contributed by atoms with van der Waals surface area (Å²) in [5.41, 5.74) is 0. The van der Waals surface area contributed by atoms with Crippen LogP contribution in [0.15, 0.2) is 12.2 Å². The highest BCUT2D eigenvalue weighted by atomic mass is 16.7. The van der Waals surface area contributed by atoms with E-state index in [1.54, 1.807) is 0 Å². The van der Waals surface area contributed by atoms with E-state index in [-0.39, 0.29) is 6.42 Å². The fourth-order valence-electron chi connectivity index (χ4n) is 2.88. The first kappa shape index (κ1) is 25.6. The average molecular weight is 401 g/mol. The van der Waals surface area contributed by atoms with Crippen LogP contribution in [0.25, 0.3) is 0 Å². The molecule has 0 radical (unpaired) electrons. The Morgan fingerprint density at radius 3 is 1.32 bits per heavy atom. The fourth-order valence-corrected chi connectivity index (χ4v) is 2.88. The van der Waals surface area contributed by atoms with Gasteiger partial charge in [0.15, 0.2) is 21.2 Å². The summed E-state index contributed by atoms with van der Waals surface area (Å²) < 4.78 is 0. The molecule has 0 atom stereocenters. The zero-order chi connectivity index (χ0) is 21.3. The van der Waals surface area contributed by atoms with Gasteiger partial charge in [-0.3, -0.25) is 30.3 Å². The van der Waals surface area contributed by atoms with E-state index in [9.17, 15) is 35.1 Å². The Morgan fingerprint density at radius 2 is 0.929 bits per heavy atom. The van der Waals surface area contributed by atoms with Gasteiger partial charge in [-0.25, -0.2) is 0 Å². The molecule has 0 bridgehead atoms. The third kappa shape index (κ3) is 10.1. The number of carbonyl (C=O) groups excluding carboxylic acids is 1. The van der Waals surface area contributed by atoms with Gasteiger partial charge < -0.3 is 4.79 Å². The van der Waals surface area contributed by atoms with Crippen LogP contribution in [-0.2, 0) is 4.79 Å². The predicted octanol–water partition coefficient (Wildman–Crippen LogP) is 4.69. The van der Waals surface area contributed by atoms with E-state index in [1.807, 2.05) is 0 Å². The van der Waals surface area contributed by atoms with E-state index in [4.69, 9.17) is 0 Å². The maximum atomic E-state index is 10.8. The third-order valence-corrected chi connectivity index (χ3v) is 4.62. The second kappa shape index (κ2) is 15.6. The highest BCUT2D eigenvalue weighted by Crippen LogP contribution is 2.21. The van der Waals surface area contributed by atoms with E-state index < -0.39 is 27.0 Å². The largest absolute Gasteiger partial charge is 0.699 e. The Kier molecular flexibility index (Phi) is 14.3. The zero-order valence-electron chi connectivity index (χ0n) is 16.3. The first-order chi connectivity index (χ1) is 13.4. The number of unbranched alkanes of at least 4 members (excludes halogenated alkanes) is 11. The van der Waals surface area contributed by atoms with Gasteiger partial charge in [-0.1, -0.05) is 50.7 Å². The van der Waals surface area contributed by atoms with E-state index in [0.29, 0.717) is 12.8 Å². The second-order valence-electron chi connectivity index (χ2n) is 6.84. The molecule has 160 valence electrons. The zero-order valence-corrected chi connectivity index (χ0v) is 16.3. The summed E-state index contributed by atoms with van der Waals surface area (Å²) in [5, 5.41) is 32.4. The quantitative estimate of drug-likeness (QED) is 0.0761. The van der Waals surface area contributed by atoms with Gasteiger partial charge >= 0.3 is 5.79 Å². The predicted molar refractivity (Wildman–Crippen MR) is 104 cm³/mol. The molecule has 0 N–H and O–H groups in total. The summed E-state index contributed by atoms with van der Waals surface area (Å²) in [4.78, 5) is 38.3. The van der Waals surface area contributed by atoms with Crippen molar-refractivity contribution in [2.45, 2.75) is 95.7 Å². The van der Waals surface area contributed by atoms with Crippen LogP contribution in [0.4, 0.5) is 0 Å². The van der Waals surface area contributed by atoms with Crippen molar-refractivity contribution in [1.29, 1.82) is 0 Å². The van der Waals surface area contributed by atoms with Crippen LogP contribution < -0.4 is 0 Å². The lowest BCUT2D eigenvalue weighted by Gasteiger charge is -2.08. The van der Waals surface area contributed by atoms with Crippen molar-refractivity contribution >= 4 is 6.29 Å². The number of nitrogens with zero attached hydrogens (tertiary/aromatic N) is 3. The molecular formula is C18H31N3O7. The van der Waals surface area contributed by atoms with Gasteiger partial charge in [0.2, 0.25) is 0 Å². The smallest absolute Gasteiger partial charge is 0.303 e. The number of nitro groups is 3. The number of hydrogen-bond acceptors (Lipinski definition) is 7. The molecule has 28 heavy (non-hydrogen) atoms. The van der Waals surface area contributed by atoms with Gasteiger partial charge in [-0.2, -0.15) is 0 Å². The minimum Gasteiger partial charge on any atom is -0.303 e. The van der Waals surface area contributed by atoms with Crippen LogP contribution in [0.2, 0.25) is 0 Å². The molecular weight excluding hydrogens is 370 g/mol. The van der Waals surface area contributed by atoms with E-state index in [1.165, 1.54) is 6.42 Å². The average Bonchev–Trinajstić information content (AvgIpc) is 2.63. The van der Waals surface area contributed by atoms with Crippen molar-refractivity contribution in [1.82, 2.24) is 0 Å². The maximum absolute atomic E-state index is 10.8. The van der Waals surface area contributed by atoms with Gasteiger partial charge in [0.1, 0.15) is 6.29 Å². The van der Waals surface area contributed by atoms with Crippen LogP contribution >= 0.6 is 0 Å². The molecule has 0 aromatic heterocycles. The molecule has 0 fully saturated rings. The maximum Gasteiger partial charge on any atom is 0.699 e. The molecule has 0 aromatic carbocycles.